The number of rotatable bonds is 11. The minimum atomic E-state index is -1.29. The van der Waals surface area contributed by atoms with Crippen LogP contribution >= 0.6 is 0 Å². The second-order valence-corrected chi connectivity index (χ2v) is 8.05. The Morgan fingerprint density at radius 2 is 1.88 bits per heavy atom. The third-order valence-electron chi connectivity index (χ3n) is 5.35. The van der Waals surface area contributed by atoms with E-state index in [1.54, 1.807) is 0 Å². The number of ether oxygens (including phenoxy) is 2. The number of cyclic esters (lactones) is 1. The fraction of sp³-hybridized carbons (Fsp3) is 0.360. The lowest BCUT2D eigenvalue weighted by Crippen LogP contribution is -2.36. The lowest BCUT2D eigenvalue weighted by atomic mass is 10.1. The van der Waals surface area contributed by atoms with Crippen LogP contribution in [0.1, 0.15) is 24.1 Å². The molecule has 1 aromatic carbocycles. The summed E-state index contributed by atoms with van der Waals surface area (Å²) in [6, 6.07) is 14.4. The topological polar surface area (TPSA) is 103 Å². The van der Waals surface area contributed by atoms with Crippen LogP contribution in [-0.2, 0) is 20.8 Å². The SMILES string of the molecule is CN(C)c1ccc(/C=C/c2cccc[n+]2CCCCOCC(O)C2OC(=O)C(O)=C2O)cc1. The Balaban J connectivity index is 1.43. The molecule has 0 saturated heterocycles. The van der Waals surface area contributed by atoms with Gasteiger partial charge in [-0.1, -0.05) is 12.1 Å². The van der Waals surface area contributed by atoms with Crippen molar-refractivity contribution in [1.82, 2.24) is 0 Å². The normalized spacial score (nSPS) is 16.9. The zero-order valence-corrected chi connectivity index (χ0v) is 18.9. The van der Waals surface area contributed by atoms with E-state index in [9.17, 15) is 20.1 Å². The number of esters is 1. The molecule has 0 aliphatic carbocycles. The molecule has 0 amide bonds. The summed E-state index contributed by atoms with van der Waals surface area (Å²) >= 11 is 0. The molecule has 0 fully saturated rings. The first-order valence-electron chi connectivity index (χ1n) is 10.9. The molecule has 3 N–H and O–H groups in total. The summed E-state index contributed by atoms with van der Waals surface area (Å²) in [6.07, 6.45) is 5.32. The van der Waals surface area contributed by atoms with Crippen LogP contribution in [0.5, 0.6) is 0 Å². The van der Waals surface area contributed by atoms with Gasteiger partial charge in [0, 0.05) is 51.0 Å². The predicted molar refractivity (Wildman–Crippen MR) is 125 cm³/mol. The van der Waals surface area contributed by atoms with Gasteiger partial charge in [0.25, 0.3) is 0 Å². The lowest BCUT2D eigenvalue weighted by Gasteiger charge is -2.17. The van der Waals surface area contributed by atoms with E-state index in [1.165, 1.54) is 0 Å². The van der Waals surface area contributed by atoms with E-state index in [1.807, 2.05) is 32.4 Å². The number of carbonyl (C=O) groups excluding carboxylic acids is 1. The van der Waals surface area contributed by atoms with Gasteiger partial charge in [-0.05, 0) is 36.3 Å². The maximum atomic E-state index is 11.2. The highest BCUT2D eigenvalue weighted by molar-refractivity contribution is 5.89. The minimum Gasteiger partial charge on any atom is -0.505 e. The Bertz CT molecular complexity index is 1000. The molecule has 0 radical (unpaired) electrons. The van der Waals surface area contributed by atoms with Crippen molar-refractivity contribution in [3.8, 4) is 0 Å². The molecule has 1 aliphatic heterocycles. The molecule has 33 heavy (non-hydrogen) atoms. The smallest absolute Gasteiger partial charge is 0.377 e. The number of nitrogens with zero attached hydrogens (tertiary/aromatic N) is 2. The molecule has 2 aromatic rings. The van der Waals surface area contributed by atoms with Gasteiger partial charge in [0.15, 0.2) is 18.1 Å². The first-order chi connectivity index (χ1) is 15.9. The molecule has 2 unspecified atom stereocenters. The van der Waals surface area contributed by atoms with Gasteiger partial charge in [0.1, 0.15) is 12.6 Å². The summed E-state index contributed by atoms with van der Waals surface area (Å²) in [6.45, 7) is 1.10. The average molecular weight is 456 g/mol. The zero-order chi connectivity index (χ0) is 23.8. The maximum Gasteiger partial charge on any atom is 0.377 e. The molecule has 0 bridgehead atoms. The summed E-state index contributed by atoms with van der Waals surface area (Å²) in [5.74, 6) is -2.58. The van der Waals surface area contributed by atoms with Gasteiger partial charge < -0.3 is 29.7 Å². The van der Waals surface area contributed by atoms with Crippen LogP contribution in [0.15, 0.2) is 60.2 Å². The van der Waals surface area contributed by atoms with Gasteiger partial charge in [-0.15, -0.1) is 0 Å². The van der Waals surface area contributed by atoms with Crippen molar-refractivity contribution in [2.45, 2.75) is 31.6 Å². The number of hydrogen-bond acceptors (Lipinski definition) is 7. The standard InChI is InChI=1S/C25H30N2O6/c1-26(2)19-11-8-18(9-12-19)10-13-20-7-3-4-14-27(20)15-5-6-16-32-17-21(28)24-22(29)23(30)25(31)33-24/h3-4,7-14,21,24,28H,5-6,15-17H2,1-2H3,(H-,29,30,31)/p+1. The number of pyridine rings is 1. The van der Waals surface area contributed by atoms with E-state index < -0.39 is 29.7 Å². The predicted octanol–water partition coefficient (Wildman–Crippen LogP) is 2.62. The summed E-state index contributed by atoms with van der Waals surface area (Å²) in [7, 11) is 4.04. The Kier molecular flexibility index (Phi) is 8.46. The highest BCUT2D eigenvalue weighted by Crippen LogP contribution is 2.21. The van der Waals surface area contributed by atoms with Gasteiger partial charge in [0.05, 0.1) is 6.61 Å². The summed E-state index contributed by atoms with van der Waals surface area (Å²) < 4.78 is 12.3. The number of benzene rings is 1. The van der Waals surface area contributed by atoms with Crippen molar-refractivity contribution in [3.05, 3.63) is 71.4 Å². The third kappa shape index (κ3) is 6.57. The van der Waals surface area contributed by atoms with Crippen LogP contribution < -0.4 is 9.47 Å². The third-order valence-corrected chi connectivity index (χ3v) is 5.35. The molecule has 2 atom stereocenters. The molecular formula is C25H31N2O6+. The second-order valence-electron chi connectivity index (χ2n) is 8.05. The molecular weight excluding hydrogens is 424 g/mol. The van der Waals surface area contributed by atoms with Crippen LogP contribution in [0.25, 0.3) is 12.2 Å². The number of anilines is 1. The number of aliphatic hydroxyl groups excluding tert-OH is 3. The van der Waals surface area contributed by atoms with Crippen LogP contribution in [0.2, 0.25) is 0 Å². The number of carbonyl (C=O) groups is 1. The number of aromatic nitrogens is 1. The highest BCUT2D eigenvalue weighted by Gasteiger charge is 2.39. The first-order valence-corrected chi connectivity index (χ1v) is 10.9. The second kappa shape index (κ2) is 11.5. The fourth-order valence-corrected chi connectivity index (χ4v) is 3.41. The maximum absolute atomic E-state index is 11.2. The quantitative estimate of drug-likeness (QED) is 0.272. The van der Waals surface area contributed by atoms with E-state index in [2.05, 4.69) is 52.0 Å². The largest absolute Gasteiger partial charge is 0.505 e. The van der Waals surface area contributed by atoms with Crippen LogP contribution in [0.4, 0.5) is 5.69 Å². The Morgan fingerprint density at radius 3 is 2.55 bits per heavy atom. The first kappa shape index (κ1) is 24.3. The van der Waals surface area contributed by atoms with Crippen molar-refractivity contribution in [2.75, 3.05) is 32.2 Å². The van der Waals surface area contributed by atoms with Gasteiger partial charge in [-0.2, -0.15) is 4.57 Å². The Hall–Kier alpha value is -3.36. The molecule has 1 aliphatic rings. The summed E-state index contributed by atoms with van der Waals surface area (Å²) in [4.78, 5) is 13.3. The number of aryl methyl sites for hydroxylation is 1. The van der Waals surface area contributed by atoms with Crippen LogP contribution in [0, 0.1) is 0 Å². The van der Waals surface area contributed by atoms with Gasteiger partial charge >= 0.3 is 5.97 Å². The molecule has 3 rings (SSSR count). The highest BCUT2D eigenvalue weighted by atomic mass is 16.6. The van der Waals surface area contributed by atoms with E-state index in [-0.39, 0.29) is 6.61 Å². The Labute approximate surface area is 193 Å². The molecule has 176 valence electrons. The molecule has 0 spiro atoms. The number of hydrogen-bond donors (Lipinski definition) is 3. The van der Waals surface area contributed by atoms with Crippen LogP contribution in [0.3, 0.4) is 0 Å². The summed E-state index contributed by atoms with van der Waals surface area (Å²) in [5, 5.41) is 28.9. The Morgan fingerprint density at radius 1 is 1.12 bits per heavy atom. The van der Waals surface area contributed by atoms with Crippen molar-refractivity contribution in [2.24, 2.45) is 0 Å². The van der Waals surface area contributed by atoms with Crippen molar-refractivity contribution in [3.63, 3.8) is 0 Å². The monoisotopic (exact) mass is 455 g/mol. The van der Waals surface area contributed by atoms with Crippen molar-refractivity contribution >= 4 is 23.8 Å². The van der Waals surface area contributed by atoms with Crippen molar-refractivity contribution < 1.29 is 34.2 Å². The molecule has 2 heterocycles. The van der Waals surface area contributed by atoms with E-state index in [0.717, 1.165) is 36.3 Å². The van der Waals surface area contributed by atoms with Gasteiger partial charge in [0.2, 0.25) is 11.5 Å². The summed E-state index contributed by atoms with van der Waals surface area (Å²) in [5.41, 5.74) is 3.38. The average Bonchev–Trinajstić information content (AvgIpc) is 3.08. The van der Waals surface area contributed by atoms with E-state index in [0.29, 0.717) is 6.61 Å². The van der Waals surface area contributed by atoms with Crippen LogP contribution in [-0.4, -0.2) is 60.8 Å². The number of unbranched alkanes of at least 4 members (excludes halogenated alkanes) is 1. The van der Waals surface area contributed by atoms with Gasteiger partial charge in [-0.3, -0.25) is 0 Å². The lowest BCUT2D eigenvalue weighted by molar-refractivity contribution is -0.699. The van der Waals surface area contributed by atoms with E-state index >= 15 is 0 Å². The zero-order valence-electron chi connectivity index (χ0n) is 18.9. The fourth-order valence-electron chi connectivity index (χ4n) is 3.41. The molecule has 0 saturated carbocycles. The molecule has 1 aromatic heterocycles. The molecule has 8 nitrogen and oxygen atoms in total. The van der Waals surface area contributed by atoms with Gasteiger partial charge in [-0.25, -0.2) is 4.79 Å². The molecule has 8 heteroatoms. The number of aliphatic hydroxyl groups is 3. The van der Waals surface area contributed by atoms with Crippen molar-refractivity contribution in [1.29, 1.82) is 0 Å². The van der Waals surface area contributed by atoms with E-state index in [4.69, 9.17) is 9.47 Å². The minimum absolute atomic E-state index is 0.117.